The number of halogens is 2. The summed E-state index contributed by atoms with van der Waals surface area (Å²) < 4.78 is 24.9. The summed E-state index contributed by atoms with van der Waals surface area (Å²) in [5.74, 6) is -0.598. The smallest absolute Gasteiger partial charge is 0.282 e. The molecular weight excluding hydrogens is 447 g/mol. The quantitative estimate of drug-likeness (QED) is 0.553. The molecule has 8 heteroatoms. The van der Waals surface area contributed by atoms with Crippen LogP contribution in [0.2, 0.25) is 5.02 Å². The number of nitrogens with zero attached hydrogens (tertiary/aromatic N) is 1. The van der Waals surface area contributed by atoms with E-state index in [0.717, 1.165) is 16.5 Å². The van der Waals surface area contributed by atoms with Gasteiger partial charge < -0.3 is 14.8 Å². The Bertz CT molecular complexity index is 1320. The van der Waals surface area contributed by atoms with Gasteiger partial charge in [-0.1, -0.05) is 41.4 Å². The second-order valence-corrected chi connectivity index (χ2v) is 8.05. The monoisotopic (exact) mass is 464 g/mol. The summed E-state index contributed by atoms with van der Waals surface area (Å²) in [5, 5.41) is 2.90. The zero-order valence-electron chi connectivity index (χ0n) is 17.5. The first-order valence-corrected chi connectivity index (χ1v) is 10.6. The SMILES string of the molecule is Cc1ccc(C2=C(Nc3ccc4c(c3)OCCO4)C(=O)N(c3ccc(F)c(Cl)c3)C2=O)cc1. The Hall–Kier alpha value is -3.84. The third-order valence-corrected chi connectivity index (χ3v) is 5.69. The van der Waals surface area contributed by atoms with Gasteiger partial charge in [-0.05, 0) is 42.8 Å². The molecule has 0 bridgehead atoms. The fraction of sp³-hybridized carbons (Fsp3) is 0.120. The van der Waals surface area contributed by atoms with Gasteiger partial charge in [0.25, 0.3) is 11.8 Å². The van der Waals surface area contributed by atoms with Gasteiger partial charge in [-0.25, -0.2) is 9.29 Å². The van der Waals surface area contributed by atoms with Gasteiger partial charge in [-0.15, -0.1) is 0 Å². The van der Waals surface area contributed by atoms with Crippen LogP contribution >= 0.6 is 11.6 Å². The molecule has 0 atom stereocenters. The average Bonchev–Trinajstić information content (AvgIpc) is 3.05. The van der Waals surface area contributed by atoms with Crippen LogP contribution in [0.1, 0.15) is 11.1 Å². The van der Waals surface area contributed by atoms with Crippen molar-refractivity contribution >= 4 is 40.4 Å². The van der Waals surface area contributed by atoms with E-state index in [1.54, 1.807) is 30.3 Å². The Labute approximate surface area is 194 Å². The summed E-state index contributed by atoms with van der Waals surface area (Å²) >= 11 is 5.91. The number of benzene rings is 3. The molecule has 2 aliphatic rings. The number of carbonyl (C=O) groups is 2. The molecule has 0 unspecified atom stereocenters. The predicted molar refractivity (Wildman–Crippen MR) is 123 cm³/mol. The molecule has 0 aromatic heterocycles. The van der Waals surface area contributed by atoms with Gasteiger partial charge >= 0.3 is 0 Å². The van der Waals surface area contributed by atoms with Gasteiger partial charge in [0.1, 0.15) is 24.7 Å². The Morgan fingerprint density at radius 3 is 2.36 bits per heavy atom. The Morgan fingerprint density at radius 2 is 1.64 bits per heavy atom. The van der Waals surface area contributed by atoms with Crippen molar-refractivity contribution in [3.63, 3.8) is 0 Å². The number of imide groups is 1. The van der Waals surface area contributed by atoms with Crippen LogP contribution in [0.5, 0.6) is 11.5 Å². The Balaban J connectivity index is 1.58. The van der Waals surface area contributed by atoms with Gasteiger partial charge in [0.05, 0.1) is 16.3 Å². The van der Waals surface area contributed by atoms with E-state index in [9.17, 15) is 14.0 Å². The lowest BCUT2D eigenvalue weighted by atomic mass is 10.0. The Morgan fingerprint density at radius 1 is 0.909 bits per heavy atom. The standard InChI is InChI=1S/C25H18ClFN2O4/c1-14-2-4-15(5-3-14)22-23(28-16-6-9-20-21(12-16)33-11-10-32-20)25(31)29(24(22)30)17-7-8-19(27)18(26)13-17/h2-9,12-13,28H,10-11H2,1H3. The first-order chi connectivity index (χ1) is 15.9. The topological polar surface area (TPSA) is 67.9 Å². The highest BCUT2D eigenvalue weighted by Gasteiger charge is 2.40. The number of fused-ring (bicyclic) bond motifs is 1. The highest BCUT2D eigenvalue weighted by atomic mass is 35.5. The zero-order valence-corrected chi connectivity index (χ0v) is 18.3. The molecule has 5 rings (SSSR count). The Kier molecular flexibility index (Phi) is 5.26. The number of hydrogen-bond donors (Lipinski definition) is 1. The number of anilines is 2. The van der Waals surface area contributed by atoms with Crippen molar-refractivity contribution in [2.75, 3.05) is 23.4 Å². The van der Waals surface area contributed by atoms with Crippen molar-refractivity contribution in [2.45, 2.75) is 6.92 Å². The minimum Gasteiger partial charge on any atom is -0.486 e. The van der Waals surface area contributed by atoms with Crippen molar-refractivity contribution in [1.29, 1.82) is 0 Å². The van der Waals surface area contributed by atoms with E-state index in [0.29, 0.717) is 36.0 Å². The lowest BCUT2D eigenvalue weighted by molar-refractivity contribution is -0.120. The summed E-state index contributed by atoms with van der Waals surface area (Å²) in [6, 6.07) is 16.2. The number of carbonyl (C=O) groups excluding carboxylic acids is 2. The predicted octanol–water partition coefficient (Wildman–Crippen LogP) is 4.96. The van der Waals surface area contributed by atoms with Crippen LogP contribution in [-0.4, -0.2) is 25.0 Å². The van der Waals surface area contributed by atoms with Crippen molar-refractivity contribution in [3.05, 3.63) is 88.3 Å². The number of nitrogens with one attached hydrogen (secondary N) is 1. The molecule has 0 aliphatic carbocycles. The average molecular weight is 465 g/mol. The van der Waals surface area contributed by atoms with Gasteiger partial charge in [-0.3, -0.25) is 9.59 Å². The zero-order chi connectivity index (χ0) is 23.1. The fourth-order valence-electron chi connectivity index (χ4n) is 3.76. The summed E-state index contributed by atoms with van der Waals surface area (Å²) in [6.45, 7) is 2.82. The maximum Gasteiger partial charge on any atom is 0.282 e. The van der Waals surface area contributed by atoms with E-state index >= 15 is 0 Å². The van der Waals surface area contributed by atoms with Crippen LogP contribution in [0.25, 0.3) is 5.57 Å². The number of aryl methyl sites for hydroxylation is 1. The third kappa shape index (κ3) is 3.81. The van der Waals surface area contributed by atoms with Crippen LogP contribution in [0.3, 0.4) is 0 Å². The minimum atomic E-state index is -0.638. The summed E-state index contributed by atoms with van der Waals surface area (Å²) in [7, 11) is 0. The normalized spacial score (nSPS) is 15.3. The fourth-order valence-corrected chi connectivity index (χ4v) is 3.93. The molecule has 6 nitrogen and oxygen atoms in total. The molecule has 3 aromatic carbocycles. The van der Waals surface area contributed by atoms with Crippen molar-refractivity contribution < 1.29 is 23.5 Å². The molecule has 2 heterocycles. The lowest BCUT2D eigenvalue weighted by Crippen LogP contribution is -2.32. The largest absolute Gasteiger partial charge is 0.486 e. The van der Waals surface area contributed by atoms with Crippen LogP contribution in [0, 0.1) is 12.7 Å². The maximum absolute atomic E-state index is 13.7. The molecule has 0 radical (unpaired) electrons. The number of amides is 2. The van der Waals surface area contributed by atoms with Crippen LogP contribution in [0.15, 0.2) is 66.4 Å². The molecular formula is C25H18ClFN2O4. The molecule has 2 aliphatic heterocycles. The third-order valence-electron chi connectivity index (χ3n) is 5.40. The molecule has 3 aromatic rings. The highest BCUT2D eigenvalue weighted by Crippen LogP contribution is 2.37. The summed E-state index contributed by atoms with van der Waals surface area (Å²) in [4.78, 5) is 27.9. The second-order valence-electron chi connectivity index (χ2n) is 7.64. The summed E-state index contributed by atoms with van der Waals surface area (Å²) in [5.41, 5.74) is 2.63. The summed E-state index contributed by atoms with van der Waals surface area (Å²) in [6.07, 6.45) is 0. The van der Waals surface area contributed by atoms with E-state index in [1.165, 1.54) is 12.1 Å². The molecule has 0 fully saturated rings. The van der Waals surface area contributed by atoms with Gasteiger partial charge in [0, 0.05) is 11.8 Å². The molecule has 0 saturated carbocycles. The van der Waals surface area contributed by atoms with Crippen LogP contribution in [-0.2, 0) is 9.59 Å². The number of rotatable bonds is 4. The number of ether oxygens (including phenoxy) is 2. The first kappa shape index (κ1) is 21.0. The van der Waals surface area contributed by atoms with E-state index in [2.05, 4.69) is 5.32 Å². The molecule has 2 amide bonds. The van der Waals surface area contributed by atoms with E-state index in [4.69, 9.17) is 21.1 Å². The van der Waals surface area contributed by atoms with E-state index in [1.807, 2.05) is 19.1 Å². The lowest BCUT2D eigenvalue weighted by Gasteiger charge is -2.19. The molecule has 33 heavy (non-hydrogen) atoms. The van der Waals surface area contributed by atoms with Crippen molar-refractivity contribution in [3.8, 4) is 11.5 Å². The van der Waals surface area contributed by atoms with Gasteiger partial charge in [-0.2, -0.15) is 0 Å². The van der Waals surface area contributed by atoms with E-state index in [-0.39, 0.29) is 22.0 Å². The molecule has 0 spiro atoms. The minimum absolute atomic E-state index is 0.0981. The van der Waals surface area contributed by atoms with Gasteiger partial charge in [0.15, 0.2) is 11.5 Å². The second kappa shape index (κ2) is 8.26. The van der Waals surface area contributed by atoms with Crippen molar-refractivity contribution in [1.82, 2.24) is 0 Å². The first-order valence-electron chi connectivity index (χ1n) is 10.2. The molecule has 1 N–H and O–H groups in total. The molecule has 166 valence electrons. The number of hydrogen-bond acceptors (Lipinski definition) is 5. The molecule has 0 saturated heterocycles. The maximum atomic E-state index is 13.7. The van der Waals surface area contributed by atoms with Crippen molar-refractivity contribution in [2.24, 2.45) is 0 Å². The van der Waals surface area contributed by atoms with Gasteiger partial charge in [0.2, 0.25) is 0 Å². The van der Waals surface area contributed by atoms with E-state index < -0.39 is 17.6 Å². The van der Waals surface area contributed by atoms with Crippen LogP contribution < -0.4 is 19.7 Å². The highest BCUT2D eigenvalue weighted by molar-refractivity contribution is 6.46. The van der Waals surface area contributed by atoms with Crippen LogP contribution in [0.4, 0.5) is 15.8 Å².